The van der Waals surface area contributed by atoms with Gasteiger partial charge >= 0.3 is 0 Å². The quantitative estimate of drug-likeness (QED) is 0.879. The van der Waals surface area contributed by atoms with E-state index in [1.165, 1.54) is 11.4 Å². The molecule has 0 saturated heterocycles. The van der Waals surface area contributed by atoms with E-state index in [1.807, 2.05) is 6.07 Å². The number of rotatable bonds is 4. The first-order chi connectivity index (χ1) is 9.84. The van der Waals surface area contributed by atoms with Crippen LogP contribution in [0.1, 0.15) is 11.1 Å². The zero-order chi connectivity index (χ0) is 15.6. The van der Waals surface area contributed by atoms with Crippen LogP contribution in [0, 0.1) is 6.92 Å². The third-order valence-electron chi connectivity index (χ3n) is 3.22. The number of benzene rings is 2. The second-order valence-electron chi connectivity index (χ2n) is 4.65. The predicted molar refractivity (Wildman–Crippen MR) is 89.1 cm³/mol. The Balaban J connectivity index is 2.47. The summed E-state index contributed by atoms with van der Waals surface area (Å²) >= 11 is 4.90. The molecule has 2 N–H and O–H groups in total. The minimum Gasteiger partial charge on any atom is -0.389 e. The molecule has 0 aliphatic rings. The first-order valence-electron chi connectivity index (χ1n) is 6.28. The van der Waals surface area contributed by atoms with Gasteiger partial charge in [-0.2, -0.15) is 0 Å². The van der Waals surface area contributed by atoms with Crippen LogP contribution in [0.2, 0.25) is 0 Å². The molecule has 0 fully saturated rings. The number of para-hydroxylation sites is 1. The molecule has 0 aliphatic heterocycles. The summed E-state index contributed by atoms with van der Waals surface area (Å²) in [6, 6.07) is 13.8. The number of nitrogens with zero attached hydrogens (tertiary/aromatic N) is 1. The zero-order valence-corrected chi connectivity index (χ0v) is 13.4. The molecule has 0 unspecified atom stereocenters. The van der Waals surface area contributed by atoms with Crippen molar-refractivity contribution in [2.45, 2.75) is 11.8 Å². The van der Waals surface area contributed by atoms with Crippen LogP contribution in [0.15, 0.2) is 53.4 Å². The Bertz CT molecular complexity index is 772. The number of sulfonamides is 1. The van der Waals surface area contributed by atoms with Gasteiger partial charge in [0.05, 0.1) is 10.6 Å². The second-order valence-corrected chi connectivity index (χ2v) is 7.03. The van der Waals surface area contributed by atoms with Crippen molar-refractivity contribution in [3.05, 3.63) is 59.7 Å². The first-order valence-corrected chi connectivity index (χ1v) is 8.13. The predicted octanol–water partition coefficient (Wildman–Crippen LogP) is 2.45. The fourth-order valence-corrected chi connectivity index (χ4v) is 3.54. The summed E-state index contributed by atoms with van der Waals surface area (Å²) in [6.45, 7) is 1.73. The van der Waals surface area contributed by atoms with Gasteiger partial charge in [0.2, 0.25) is 0 Å². The molecule has 0 saturated carbocycles. The molecule has 21 heavy (non-hydrogen) atoms. The van der Waals surface area contributed by atoms with Crippen molar-refractivity contribution in [3.8, 4) is 0 Å². The molecule has 0 amide bonds. The monoisotopic (exact) mass is 320 g/mol. The molecule has 0 heterocycles. The molecule has 2 aromatic carbocycles. The van der Waals surface area contributed by atoms with E-state index in [0.29, 0.717) is 16.8 Å². The third kappa shape index (κ3) is 3.06. The summed E-state index contributed by atoms with van der Waals surface area (Å²) in [5, 5.41) is 0. The lowest BCUT2D eigenvalue weighted by Gasteiger charge is -2.20. The summed E-state index contributed by atoms with van der Waals surface area (Å²) < 4.78 is 26.7. The highest BCUT2D eigenvalue weighted by Gasteiger charge is 2.23. The highest BCUT2D eigenvalue weighted by atomic mass is 32.2. The first kappa shape index (κ1) is 15.5. The number of hydrogen-bond acceptors (Lipinski definition) is 3. The van der Waals surface area contributed by atoms with E-state index >= 15 is 0 Å². The van der Waals surface area contributed by atoms with Crippen LogP contribution in [0.4, 0.5) is 5.69 Å². The van der Waals surface area contributed by atoms with Gasteiger partial charge in [-0.3, -0.25) is 4.31 Å². The SMILES string of the molecule is Cc1cc(C(N)=S)ccc1S(=O)(=O)N(C)c1ccccc1. The zero-order valence-electron chi connectivity index (χ0n) is 11.8. The molecule has 110 valence electrons. The summed E-state index contributed by atoms with van der Waals surface area (Å²) in [6.07, 6.45) is 0. The van der Waals surface area contributed by atoms with Gasteiger partial charge in [-0.05, 0) is 36.8 Å². The fraction of sp³-hybridized carbons (Fsp3) is 0.133. The number of anilines is 1. The largest absolute Gasteiger partial charge is 0.389 e. The van der Waals surface area contributed by atoms with Crippen molar-refractivity contribution in [1.29, 1.82) is 0 Å². The van der Waals surface area contributed by atoms with Gasteiger partial charge in [-0.1, -0.05) is 36.5 Å². The van der Waals surface area contributed by atoms with E-state index in [1.54, 1.807) is 49.4 Å². The molecule has 2 aromatic rings. The van der Waals surface area contributed by atoms with Gasteiger partial charge < -0.3 is 5.73 Å². The lowest BCUT2D eigenvalue weighted by molar-refractivity contribution is 0.594. The van der Waals surface area contributed by atoms with E-state index in [4.69, 9.17) is 18.0 Å². The van der Waals surface area contributed by atoms with E-state index < -0.39 is 10.0 Å². The Labute approximate surface area is 130 Å². The van der Waals surface area contributed by atoms with Crippen LogP contribution >= 0.6 is 12.2 Å². The smallest absolute Gasteiger partial charge is 0.264 e. The van der Waals surface area contributed by atoms with Crippen LogP contribution in [-0.2, 0) is 10.0 Å². The molecule has 6 heteroatoms. The highest BCUT2D eigenvalue weighted by Crippen LogP contribution is 2.24. The minimum atomic E-state index is -3.62. The van der Waals surface area contributed by atoms with Gasteiger partial charge in [0, 0.05) is 12.6 Å². The summed E-state index contributed by atoms with van der Waals surface area (Å²) in [4.78, 5) is 0.493. The highest BCUT2D eigenvalue weighted by molar-refractivity contribution is 7.92. The van der Waals surface area contributed by atoms with Crippen LogP contribution < -0.4 is 10.0 Å². The Morgan fingerprint density at radius 3 is 2.29 bits per heavy atom. The normalized spacial score (nSPS) is 11.1. The second kappa shape index (κ2) is 5.83. The molecule has 0 atom stereocenters. The number of nitrogens with two attached hydrogens (primary N) is 1. The lowest BCUT2D eigenvalue weighted by Crippen LogP contribution is -2.27. The Morgan fingerprint density at radius 2 is 1.76 bits per heavy atom. The lowest BCUT2D eigenvalue weighted by atomic mass is 10.1. The number of thiocarbonyl (C=S) groups is 1. The Morgan fingerprint density at radius 1 is 1.14 bits per heavy atom. The average molecular weight is 320 g/mol. The number of hydrogen-bond donors (Lipinski definition) is 1. The van der Waals surface area contributed by atoms with Gasteiger partial charge in [0.15, 0.2) is 0 Å². The topological polar surface area (TPSA) is 63.4 Å². The van der Waals surface area contributed by atoms with E-state index in [0.717, 1.165) is 0 Å². The molecule has 0 aliphatic carbocycles. The van der Waals surface area contributed by atoms with Crippen molar-refractivity contribution in [3.63, 3.8) is 0 Å². The van der Waals surface area contributed by atoms with Gasteiger partial charge in [0.1, 0.15) is 4.99 Å². The molecule has 0 spiro atoms. The van der Waals surface area contributed by atoms with Crippen LogP contribution in [0.5, 0.6) is 0 Å². The van der Waals surface area contributed by atoms with Crippen LogP contribution in [0.3, 0.4) is 0 Å². The average Bonchev–Trinajstić information content (AvgIpc) is 2.46. The van der Waals surface area contributed by atoms with Crippen molar-refractivity contribution in [1.82, 2.24) is 0 Å². The van der Waals surface area contributed by atoms with Crippen molar-refractivity contribution in [2.24, 2.45) is 5.73 Å². The maximum absolute atomic E-state index is 12.7. The molecular weight excluding hydrogens is 304 g/mol. The van der Waals surface area contributed by atoms with Gasteiger partial charge in [-0.25, -0.2) is 8.42 Å². The minimum absolute atomic E-state index is 0.244. The third-order valence-corrected chi connectivity index (χ3v) is 5.40. The Kier molecular flexibility index (Phi) is 4.29. The van der Waals surface area contributed by atoms with E-state index in [9.17, 15) is 8.42 Å². The van der Waals surface area contributed by atoms with Crippen molar-refractivity contribution >= 4 is 32.9 Å². The van der Waals surface area contributed by atoms with Gasteiger partial charge in [0.25, 0.3) is 10.0 Å². The maximum atomic E-state index is 12.7. The van der Waals surface area contributed by atoms with E-state index in [-0.39, 0.29) is 9.88 Å². The maximum Gasteiger partial charge on any atom is 0.264 e. The molecule has 2 rings (SSSR count). The van der Waals surface area contributed by atoms with Gasteiger partial charge in [-0.15, -0.1) is 0 Å². The summed E-state index contributed by atoms with van der Waals surface area (Å²) in [5.41, 5.74) is 7.44. The summed E-state index contributed by atoms with van der Waals surface area (Å²) in [7, 11) is -2.08. The molecular formula is C15H16N2O2S2. The molecule has 0 radical (unpaired) electrons. The molecule has 4 nitrogen and oxygen atoms in total. The fourth-order valence-electron chi connectivity index (χ4n) is 2.02. The van der Waals surface area contributed by atoms with Crippen molar-refractivity contribution in [2.75, 3.05) is 11.4 Å². The van der Waals surface area contributed by atoms with Crippen LogP contribution in [0.25, 0.3) is 0 Å². The van der Waals surface area contributed by atoms with E-state index in [2.05, 4.69) is 0 Å². The van der Waals surface area contributed by atoms with Crippen molar-refractivity contribution < 1.29 is 8.42 Å². The number of aryl methyl sites for hydroxylation is 1. The molecule has 0 aromatic heterocycles. The molecule has 0 bridgehead atoms. The Hall–Kier alpha value is -1.92. The van der Waals surface area contributed by atoms with Crippen LogP contribution in [-0.4, -0.2) is 20.5 Å². The standard InChI is InChI=1S/C15H16N2O2S2/c1-11-10-12(15(16)20)8-9-14(11)21(18,19)17(2)13-6-4-3-5-7-13/h3-10H,1-2H3,(H2,16,20). The summed E-state index contributed by atoms with van der Waals surface area (Å²) in [5.74, 6) is 0.